The fraction of sp³-hybridized carbons (Fsp3) is 0.227. The van der Waals surface area contributed by atoms with Crippen LogP contribution in [0.3, 0.4) is 0 Å². The first-order chi connectivity index (χ1) is 12.1. The molecule has 0 fully saturated rings. The molecule has 2 atom stereocenters. The van der Waals surface area contributed by atoms with Gasteiger partial charge in [-0.25, -0.2) is 0 Å². The third-order valence-electron chi connectivity index (χ3n) is 4.35. The maximum Gasteiger partial charge on any atom is 0.260 e. The molecule has 0 heterocycles. The monoisotopic (exact) mass is 333 g/mol. The standard InChI is InChI=1S/C22H23NO2/c1-16(18-8-4-3-5-9-18)15-23-22(24)17(2)25-21-13-12-19-10-6-7-11-20(19)14-21/h3-14,16-17H,15H2,1-2H3,(H,23,24). The number of rotatable bonds is 6. The Morgan fingerprint density at radius 3 is 2.36 bits per heavy atom. The van der Waals surface area contributed by atoms with E-state index in [2.05, 4.69) is 30.4 Å². The summed E-state index contributed by atoms with van der Waals surface area (Å²) in [5, 5.41) is 5.23. The minimum atomic E-state index is -0.538. The van der Waals surface area contributed by atoms with E-state index in [0.29, 0.717) is 12.3 Å². The SMILES string of the molecule is CC(Oc1ccc2ccccc2c1)C(=O)NCC(C)c1ccccc1. The predicted molar refractivity (Wildman–Crippen MR) is 102 cm³/mol. The average Bonchev–Trinajstić information content (AvgIpc) is 2.66. The summed E-state index contributed by atoms with van der Waals surface area (Å²) in [6.45, 7) is 4.47. The summed E-state index contributed by atoms with van der Waals surface area (Å²) in [7, 11) is 0. The van der Waals surface area contributed by atoms with Gasteiger partial charge in [-0.1, -0.05) is 67.6 Å². The number of benzene rings is 3. The zero-order chi connectivity index (χ0) is 17.6. The molecule has 0 radical (unpaired) electrons. The Bertz CT molecular complexity index is 845. The van der Waals surface area contributed by atoms with Crippen LogP contribution in [0.4, 0.5) is 0 Å². The van der Waals surface area contributed by atoms with E-state index in [1.807, 2.05) is 54.6 Å². The van der Waals surface area contributed by atoms with Crippen molar-refractivity contribution in [2.45, 2.75) is 25.9 Å². The van der Waals surface area contributed by atoms with Crippen LogP contribution in [0.5, 0.6) is 5.75 Å². The highest BCUT2D eigenvalue weighted by Crippen LogP contribution is 2.21. The second kappa shape index (κ2) is 7.84. The molecule has 1 N–H and O–H groups in total. The quantitative estimate of drug-likeness (QED) is 0.720. The zero-order valence-electron chi connectivity index (χ0n) is 14.6. The normalized spacial score (nSPS) is 13.2. The van der Waals surface area contributed by atoms with Gasteiger partial charge >= 0.3 is 0 Å². The smallest absolute Gasteiger partial charge is 0.260 e. The number of ether oxygens (including phenoxy) is 1. The van der Waals surface area contributed by atoms with Gasteiger partial charge in [0, 0.05) is 6.54 Å². The molecule has 0 saturated heterocycles. The van der Waals surface area contributed by atoms with Gasteiger partial charge in [-0.2, -0.15) is 0 Å². The molecule has 3 aromatic rings. The van der Waals surface area contributed by atoms with Gasteiger partial charge in [0.25, 0.3) is 5.91 Å². The fourth-order valence-electron chi connectivity index (χ4n) is 2.80. The average molecular weight is 333 g/mol. The Morgan fingerprint density at radius 1 is 0.920 bits per heavy atom. The van der Waals surface area contributed by atoms with Crippen molar-refractivity contribution < 1.29 is 9.53 Å². The molecule has 3 nitrogen and oxygen atoms in total. The van der Waals surface area contributed by atoms with E-state index in [1.54, 1.807) is 6.92 Å². The molecular formula is C22H23NO2. The van der Waals surface area contributed by atoms with Crippen LogP contribution in [0, 0.1) is 0 Å². The summed E-state index contributed by atoms with van der Waals surface area (Å²) in [6.07, 6.45) is -0.538. The van der Waals surface area contributed by atoms with Crippen LogP contribution in [0.15, 0.2) is 72.8 Å². The predicted octanol–water partition coefficient (Wildman–Crippen LogP) is 4.53. The lowest BCUT2D eigenvalue weighted by atomic mass is 10.0. The topological polar surface area (TPSA) is 38.3 Å². The van der Waals surface area contributed by atoms with Gasteiger partial charge in [-0.05, 0) is 41.3 Å². The third-order valence-corrected chi connectivity index (χ3v) is 4.35. The molecule has 128 valence electrons. The van der Waals surface area contributed by atoms with E-state index in [-0.39, 0.29) is 11.8 Å². The highest BCUT2D eigenvalue weighted by molar-refractivity contribution is 5.84. The molecule has 1 amide bonds. The van der Waals surface area contributed by atoms with Crippen LogP contribution < -0.4 is 10.1 Å². The van der Waals surface area contributed by atoms with Crippen LogP contribution >= 0.6 is 0 Å². The summed E-state index contributed by atoms with van der Waals surface area (Å²) >= 11 is 0. The molecule has 3 aromatic carbocycles. The van der Waals surface area contributed by atoms with Gasteiger partial charge in [0.2, 0.25) is 0 Å². The lowest BCUT2D eigenvalue weighted by molar-refractivity contribution is -0.127. The van der Waals surface area contributed by atoms with Crippen LogP contribution in [0.2, 0.25) is 0 Å². The minimum Gasteiger partial charge on any atom is -0.481 e. The first kappa shape index (κ1) is 17.0. The Kier molecular flexibility index (Phi) is 5.34. The van der Waals surface area contributed by atoms with Crippen LogP contribution in [-0.4, -0.2) is 18.6 Å². The van der Waals surface area contributed by atoms with Gasteiger partial charge in [0.1, 0.15) is 5.75 Å². The third kappa shape index (κ3) is 4.38. The lowest BCUT2D eigenvalue weighted by Gasteiger charge is -2.17. The van der Waals surface area contributed by atoms with E-state index >= 15 is 0 Å². The maximum absolute atomic E-state index is 12.3. The molecule has 0 spiro atoms. The summed E-state index contributed by atoms with van der Waals surface area (Å²) in [5.41, 5.74) is 1.21. The Hall–Kier alpha value is -2.81. The first-order valence-corrected chi connectivity index (χ1v) is 8.61. The summed E-state index contributed by atoms with van der Waals surface area (Å²) in [4.78, 5) is 12.3. The van der Waals surface area contributed by atoms with E-state index in [9.17, 15) is 4.79 Å². The molecule has 25 heavy (non-hydrogen) atoms. The van der Waals surface area contributed by atoms with Crippen LogP contribution in [0.1, 0.15) is 25.3 Å². The van der Waals surface area contributed by atoms with Crippen molar-refractivity contribution in [3.05, 3.63) is 78.4 Å². The Balaban J connectivity index is 1.56. The summed E-state index contributed by atoms with van der Waals surface area (Å²) in [5.74, 6) is 0.867. The Labute approximate surface area is 148 Å². The second-order valence-electron chi connectivity index (χ2n) is 6.33. The number of hydrogen-bond donors (Lipinski definition) is 1. The summed E-state index contributed by atoms with van der Waals surface area (Å²) in [6, 6.07) is 24.1. The molecule has 0 aromatic heterocycles. The second-order valence-corrected chi connectivity index (χ2v) is 6.33. The van der Waals surface area contributed by atoms with Gasteiger partial charge in [0.15, 0.2) is 6.10 Å². The highest BCUT2D eigenvalue weighted by Gasteiger charge is 2.16. The molecule has 2 unspecified atom stereocenters. The maximum atomic E-state index is 12.3. The molecule has 0 aliphatic carbocycles. The van der Waals surface area contributed by atoms with Crippen molar-refractivity contribution in [3.8, 4) is 5.75 Å². The minimum absolute atomic E-state index is 0.101. The number of hydrogen-bond acceptors (Lipinski definition) is 2. The number of amides is 1. The molecule has 0 bridgehead atoms. The largest absolute Gasteiger partial charge is 0.481 e. The number of nitrogens with one attached hydrogen (secondary N) is 1. The van der Waals surface area contributed by atoms with Crippen molar-refractivity contribution in [3.63, 3.8) is 0 Å². The van der Waals surface area contributed by atoms with E-state index in [1.165, 1.54) is 5.56 Å². The van der Waals surface area contributed by atoms with Gasteiger partial charge in [-0.3, -0.25) is 4.79 Å². The van der Waals surface area contributed by atoms with Crippen molar-refractivity contribution in [1.29, 1.82) is 0 Å². The van der Waals surface area contributed by atoms with Crippen LogP contribution in [0.25, 0.3) is 10.8 Å². The number of fused-ring (bicyclic) bond motifs is 1. The van der Waals surface area contributed by atoms with E-state index in [0.717, 1.165) is 10.8 Å². The zero-order valence-corrected chi connectivity index (χ0v) is 14.6. The molecule has 3 heteroatoms. The van der Waals surface area contributed by atoms with E-state index in [4.69, 9.17) is 4.74 Å². The number of carbonyl (C=O) groups is 1. The molecule has 0 saturated carbocycles. The van der Waals surface area contributed by atoms with Gasteiger partial charge < -0.3 is 10.1 Å². The van der Waals surface area contributed by atoms with Gasteiger partial charge in [-0.15, -0.1) is 0 Å². The van der Waals surface area contributed by atoms with Crippen LogP contribution in [-0.2, 0) is 4.79 Å². The van der Waals surface area contributed by atoms with Gasteiger partial charge in [0.05, 0.1) is 0 Å². The molecule has 3 rings (SSSR count). The van der Waals surface area contributed by atoms with Crippen molar-refractivity contribution in [1.82, 2.24) is 5.32 Å². The lowest BCUT2D eigenvalue weighted by Crippen LogP contribution is -2.38. The van der Waals surface area contributed by atoms with E-state index < -0.39 is 6.10 Å². The first-order valence-electron chi connectivity index (χ1n) is 8.61. The number of carbonyl (C=O) groups excluding carboxylic acids is 1. The molecule has 0 aliphatic heterocycles. The Morgan fingerprint density at radius 2 is 1.60 bits per heavy atom. The molecular weight excluding hydrogens is 310 g/mol. The fourth-order valence-corrected chi connectivity index (χ4v) is 2.80. The highest BCUT2D eigenvalue weighted by atomic mass is 16.5. The van der Waals surface area contributed by atoms with Crippen molar-refractivity contribution in [2.24, 2.45) is 0 Å². The summed E-state index contributed by atoms with van der Waals surface area (Å²) < 4.78 is 5.81. The molecule has 0 aliphatic rings. The van der Waals surface area contributed by atoms with Crippen molar-refractivity contribution >= 4 is 16.7 Å². The van der Waals surface area contributed by atoms with Crippen molar-refractivity contribution in [2.75, 3.05) is 6.54 Å².